The average molecular weight is 553 g/mol. The third-order valence-electron chi connectivity index (χ3n) is 7.78. The molecule has 7 heteroatoms. The second kappa shape index (κ2) is 12.6. The van der Waals surface area contributed by atoms with Crippen LogP contribution >= 0.6 is 0 Å². The van der Waals surface area contributed by atoms with Crippen molar-refractivity contribution in [1.82, 2.24) is 0 Å². The van der Waals surface area contributed by atoms with Gasteiger partial charge in [-0.05, 0) is 103 Å². The summed E-state index contributed by atoms with van der Waals surface area (Å²) in [4.78, 5) is 24.4. The Morgan fingerprint density at radius 1 is 1.10 bits per heavy atom. The van der Waals surface area contributed by atoms with Crippen LogP contribution in [0.15, 0.2) is 54.1 Å². The van der Waals surface area contributed by atoms with Gasteiger partial charge in [0.05, 0.1) is 18.6 Å². The molecule has 1 N–H and O–H groups in total. The highest BCUT2D eigenvalue weighted by molar-refractivity contribution is 5.96. The number of aliphatic hydroxyl groups excluding tert-OH is 1. The summed E-state index contributed by atoms with van der Waals surface area (Å²) in [5, 5.41) is 10.0. The molecule has 0 radical (unpaired) electrons. The van der Waals surface area contributed by atoms with Crippen molar-refractivity contribution < 1.29 is 33.0 Å². The van der Waals surface area contributed by atoms with Crippen molar-refractivity contribution in [1.29, 1.82) is 0 Å². The summed E-state index contributed by atoms with van der Waals surface area (Å²) in [6, 6.07) is 9.50. The number of allylic oxidation sites excluding steroid dienone is 2. The second-order valence-corrected chi connectivity index (χ2v) is 11.6. The van der Waals surface area contributed by atoms with E-state index < -0.39 is 18.2 Å². The van der Waals surface area contributed by atoms with Gasteiger partial charge in [0.2, 0.25) is 0 Å². The maximum atomic E-state index is 14.1. The van der Waals surface area contributed by atoms with E-state index >= 15 is 0 Å². The standard InChI is InChI=1S/C33H38F2O5/c1-20-14-22(7-11-29(20)34)27-18-26(39-13-5-6-31(37)23-8-12-30(35)21(2)15-23)19-33(3,4)28(27)10-9-25-16-24(36)17-32(38)40-25/h7-12,14-15,24-26,36H,5-6,13,16-19H2,1-4H3. The van der Waals surface area contributed by atoms with E-state index in [4.69, 9.17) is 9.47 Å². The first kappa shape index (κ1) is 29.8. The number of ketones is 1. The molecule has 1 saturated heterocycles. The molecule has 3 unspecified atom stereocenters. The lowest BCUT2D eigenvalue weighted by molar-refractivity contribution is -0.156. The molecule has 40 heavy (non-hydrogen) atoms. The molecular weight excluding hydrogens is 514 g/mol. The lowest BCUT2D eigenvalue weighted by atomic mass is 9.69. The van der Waals surface area contributed by atoms with Gasteiger partial charge in [-0.1, -0.05) is 26.0 Å². The summed E-state index contributed by atoms with van der Waals surface area (Å²) in [6.07, 6.45) is 5.01. The molecule has 0 saturated carbocycles. The third-order valence-corrected chi connectivity index (χ3v) is 7.78. The van der Waals surface area contributed by atoms with Crippen molar-refractivity contribution >= 4 is 17.3 Å². The summed E-state index contributed by atoms with van der Waals surface area (Å²) in [7, 11) is 0. The highest BCUT2D eigenvalue weighted by atomic mass is 19.1. The zero-order valence-corrected chi connectivity index (χ0v) is 23.6. The molecule has 3 atom stereocenters. The smallest absolute Gasteiger partial charge is 0.309 e. The van der Waals surface area contributed by atoms with Gasteiger partial charge in [-0.25, -0.2) is 8.78 Å². The minimum absolute atomic E-state index is 0.00674. The first-order valence-corrected chi connectivity index (χ1v) is 13.9. The van der Waals surface area contributed by atoms with Gasteiger partial charge < -0.3 is 14.6 Å². The fourth-order valence-corrected chi connectivity index (χ4v) is 5.62. The lowest BCUT2D eigenvalue weighted by Crippen LogP contribution is -2.32. The molecule has 1 aliphatic carbocycles. The number of cyclic esters (lactones) is 1. The van der Waals surface area contributed by atoms with Crippen LogP contribution in [0.5, 0.6) is 0 Å². The number of esters is 1. The number of aryl methyl sites for hydroxylation is 2. The molecule has 1 fully saturated rings. The number of rotatable bonds is 9. The highest BCUT2D eigenvalue weighted by Gasteiger charge is 2.35. The van der Waals surface area contributed by atoms with Gasteiger partial charge in [0.25, 0.3) is 0 Å². The van der Waals surface area contributed by atoms with Gasteiger partial charge in [0, 0.05) is 25.0 Å². The number of carbonyl (C=O) groups is 2. The third kappa shape index (κ3) is 7.32. The van der Waals surface area contributed by atoms with Crippen LogP contribution in [0.4, 0.5) is 8.78 Å². The van der Waals surface area contributed by atoms with Gasteiger partial charge in [0.1, 0.15) is 17.7 Å². The quantitative estimate of drug-likeness (QED) is 0.210. The predicted octanol–water partition coefficient (Wildman–Crippen LogP) is 6.83. The molecule has 214 valence electrons. The van der Waals surface area contributed by atoms with Gasteiger partial charge in [-0.15, -0.1) is 0 Å². The van der Waals surface area contributed by atoms with Crippen LogP contribution in [-0.4, -0.2) is 41.8 Å². The van der Waals surface area contributed by atoms with Crippen molar-refractivity contribution in [3.05, 3.63) is 88.0 Å². The van der Waals surface area contributed by atoms with E-state index in [-0.39, 0.29) is 35.4 Å². The van der Waals surface area contributed by atoms with Crippen molar-refractivity contribution in [2.75, 3.05) is 6.61 Å². The van der Waals surface area contributed by atoms with E-state index in [9.17, 15) is 23.5 Å². The molecule has 0 aromatic heterocycles. The fourth-order valence-electron chi connectivity index (χ4n) is 5.62. The topological polar surface area (TPSA) is 72.8 Å². The minimum Gasteiger partial charge on any atom is -0.458 e. The van der Waals surface area contributed by atoms with Gasteiger partial charge in [0.15, 0.2) is 5.78 Å². The van der Waals surface area contributed by atoms with Crippen LogP contribution in [0.25, 0.3) is 5.57 Å². The fraction of sp³-hybridized carbons (Fsp3) is 0.455. The average Bonchev–Trinajstić information content (AvgIpc) is 2.88. The molecule has 2 aromatic carbocycles. The van der Waals surface area contributed by atoms with E-state index in [0.717, 1.165) is 23.1 Å². The van der Waals surface area contributed by atoms with E-state index in [1.165, 1.54) is 18.2 Å². The number of aliphatic hydroxyl groups is 1. The Kier molecular flexibility index (Phi) is 9.37. The van der Waals surface area contributed by atoms with Crippen LogP contribution < -0.4 is 0 Å². The Bertz CT molecular complexity index is 1330. The van der Waals surface area contributed by atoms with Crippen molar-refractivity contribution in [3.8, 4) is 0 Å². The number of hydrogen-bond donors (Lipinski definition) is 1. The zero-order valence-electron chi connectivity index (χ0n) is 23.6. The minimum atomic E-state index is -0.722. The molecule has 4 rings (SSSR count). The van der Waals surface area contributed by atoms with Crippen LogP contribution in [0.2, 0.25) is 0 Å². The number of benzene rings is 2. The van der Waals surface area contributed by atoms with Crippen molar-refractivity contribution in [2.45, 2.75) is 84.5 Å². The second-order valence-electron chi connectivity index (χ2n) is 11.6. The number of Topliss-reactive ketones (excluding diaryl/α,β-unsaturated/α-hetero) is 1. The maximum Gasteiger partial charge on any atom is 0.309 e. The molecule has 0 bridgehead atoms. The van der Waals surface area contributed by atoms with Crippen LogP contribution in [0.1, 0.15) is 79.4 Å². The van der Waals surface area contributed by atoms with E-state index in [2.05, 4.69) is 13.8 Å². The van der Waals surface area contributed by atoms with Gasteiger partial charge in [-0.2, -0.15) is 0 Å². The normalized spacial score (nSPS) is 23.0. The first-order chi connectivity index (χ1) is 18.9. The number of ether oxygens (including phenoxy) is 2. The number of hydrogen-bond acceptors (Lipinski definition) is 5. The Morgan fingerprint density at radius 2 is 1.80 bits per heavy atom. The van der Waals surface area contributed by atoms with Crippen LogP contribution in [-0.2, 0) is 14.3 Å². The van der Waals surface area contributed by atoms with Crippen molar-refractivity contribution in [2.24, 2.45) is 5.41 Å². The molecule has 5 nitrogen and oxygen atoms in total. The van der Waals surface area contributed by atoms with E-state index in [1.54, 1.807) is 26.0 Å². The molecule has 0 spiro atoms. The Balaban J connectivity index is 1.49. The maximum absolute atomic E-state index is 14.1. The highest BCUT2D eigenvalue weighted by Crippen LogP contribution is 2.46. The number of halogens is 2. The van der Waals surface area contributed by atoms with Crippen LogP contribution in [0.3, 0.4) is 0 Å². The summed E-state index contributed by atoms with van der Waals surface area (Å²) < 4.78 is 39.4. The summed E-state index contributed by atoms with van der Waals surface area (Å²) in [5.74, 6) is -1.06. The molecule has 0 amide bonds. The Morgan fingerprint density at radius 3 is 2.48 bits per heavy atom. The molecule has 1 heterocycles. The van der Waals surface area contributed by atoms with Gasteiger partial charge >= 0.3 is 5.97 Å². The number of carbonyl (C=O) groups excluding carboxylic acids is 2. The SMILES string of the molecule is Cc1cc(C(=O)CCCOC2CC(c3ccc(F)c(C)c3)=C(C=CC3CC(O)CC(=O)O3)C(C)(C)C2)ccc1F. The lowest BCUT2D eigenvalue weighted by Gasteiger charge is -2.39. The molecular formula is C33H38F2O5. The first-order valence-electron chi connectivity index (χ1n) is 13.9. The molecule has 2 aliphatic rings. The summed E-state index contributed by atoms with van der Waals surface area (Å²) in [5.41, 5.74) is 4.18. The van der Waals surface area contributed by atoms with Crippen molar-refractivity contribution in [3.63, 3.8) is 0 Å². The Labute approximate surface area is 234 Å². The summed E-state index contributed by atoms with van der Waals surface area (Å²) >= 11 is 0. The monoisotopic (exact) mass is 552 g/mol. The summed E-state index contributed by atoms with van der Waals surface area (Å²) in [6.45, 7) is 8.03. The Hall–Kier alpha value is -3.16. The molecule has 2 aromatic rings. The van der Waals surface area contributed by atoms with E-state index in [1.807, 2.05) is 18.2 Å². The van der Waals surface area contributed by atoms with Crippen LogP contribution in [0, 0.1) is 30.9 Å². The van der Waals surface area contributed by atoms with E-state index in [0.29, 0.717) is 49.0 Å². The largest absolute Gasteiger partial charge is 0.458 e. The molecule has 1 aliphatic heterocycles. The predicted molar refractivity (Wildman–Crippen MR) is 150 cm³/mol. The van der Waals surface area contributed by atoms with Gasteiger partial charge in [-0.3, -0.25) is 9.59 Å². The zero-order chi connectivity index (χ0) is 29.0.